The van der Waals surface area contributed by atoms with Gasteiger partial charge in [-0.05, 0) is 37.5 Å². The van der Waals surface area contributed by atoms with Crippen molar-refractivity contribution >= 4 is 5.97 Å². The van der Waals surface area contributed by atoms with E-state index in [9.17, 15) is 4.79 Å². The molecule has 0 aliphatic carbocycles. The first kappa shape index (κ1) is 16.2. The third-order valence-corrected chi connectivity index (χ3v) is 2.76. The van der Waals surface area contributed by atoms with E-state index in [0.717, 1.165) is 19.3 Å². The average Bonchev–Trinajstić information content (AvgIpc) is 2.23. The summed E-state index contributed by atoms with van der Waals surface area (Å²) in [5, 5.41) is 0. The van der Waals surface area contributed by atoms with Gasteiger partial charge >= 0.3 is 5.97 Å². The van der Waals surface area contributed by atoms with Crippen molar-refractivity contribution in [2.24, 2.45) is 11.3 Å². The highest BCUT2D eigenvalue weighted by Gasteiger charge is 2.20. The predicted octanol–water partition coefficient (Wildman–Crippen LogP) is 3.98. The lowest BCUT2D eigenvalue weighted by Gasteiger charge is -2.27. The van der Waals surface area contributed by atoms with E-state index in [1.54, 1.807) is 6.92 Å². The van der Waals surface area contributed by atoms with Crippen molar-refractivity contribution in [2.75, 3.05) is 6.61 Å². The van der Waals surface area contributed by atoms with Crippen LogP contribution >= 0.6 is 0 Å². The third-order valence-electron chi connectivity index (χ3n) is 2.76. The quantitative estimate of drug-likeness (QED) is 0.363. The summed E-state index contributed by atoms with van der Waals surface area (Å²) in [6, 6.07) is 0. The fourth-order valence-corrected chi connectivity index (χ4v) is 1.81. The van der Waals surface area contributed by atoms with Gasteiger partial charge in [-0.3, -0.25) is 0 Å². The first-order valence-electron chi connectivity index (χ1n) is 6.24. The Kier molecular flexibility index (Phi) is 7.17. The van der Waals surface area contributed by atoms with Crippen LogP contribution < -0.4 is 0 Å². The number of carbonyl (C=O) groups is 1. The molecule has 0 aliphatic heterocycles. The van der Waals surface area contributed by atoms with Crippen molar-refractivity contribution < 1.29 is 9.53 Å². The van der Waals surface area contributed by atoms with Crippen molar-refractivity contribution in [1.82, 2.24) is 0 Å². The second-order valence-corrected chi connectivity index (χ2v) is 5.50. The molecule has 0 saturated heterocycles. The molecule has 17 heavy (non-hydrogen) atoms. The zero-order chi connectivity index (χ0) is 13.5. The van der Waals surface area contributed by atoms with Gasteiger partial charge in [0.15, 0.2) is 0 Å². The molecule has 0 aromatic heterocycles. The highest BCUT2D eigenvalue weighted by atomic mass is 16.5. The summed E-state index contributed by atoms with van der Waals surface area (Å²) in [6.07, 6.45) is 5.09. The highest BCUT2D eigenvalue weighted by Crippen LogP contribution is 2.30. The van der Waals surface area contributed by atoms with Crippen LogP contribution in [-0.2, 0) is 9.53 Å². The normalized spacial score (nSPS) is 13.2. The van der Waals surface area contributed by atoms with Gasteiger partial charge in [0.05, 0.1) is 6.61 Å². The van der Waals surface area contributed by atoms with Gasteiger partial charge in [-0.25, -0.2) is 4.79 Å². The van der Waals surface area contributed by atoms with E-state index >= 15 is 0 Å². The van der Waals surface area contributed by atoms with Crippen LogP contribution in [0, 0.1) is 24.7 Å². The molecule has 0 spiro atoms. The molecule has 2 nitrogen and oxygen atoms in total. The summed E-state index contributed by atoms with van der Waals surface area (Å²) in [5.41, 5.74) is 0.627. The maximum absolute atomic E-state index is 11.1. The second-order valence-electron chi connectivity index (χ2n) is 5.50. The topological polar surface area (TPSA) is 26.3 Å². The zero-order valence-electron chi connectivity index (χ0n) is 11.7. The Bertz CT molecular complexity index is 254. The van der Waals surface area contributed by atoms with Crippen LogP contribution in [0.1, 0.15) is 47.0 Å². The molecular weight excluding hydrogens is 212 g/mol. The molecular formula is C15H26O2. The molecule has 0 fully saturated rings. The maximum atomic E-state index is 11.1. The van der Waals surface area contributed by atoms with E-state index in [2.05, 4.69) is 40.7 Å². The monoisotopic (exact) mass is 238 g/mol. The van der Waals surface area contributed by atoms with E-state index in [-0.39, 0.29) is 11.4 Å². The molecule has 0 aliphatic rings. The maximum Gasteiger partial charge on any atom is 0.333 e. The largest absolute Gasteiger partial charge is 0.462 e. The molecule has 0 N–H and O–H groups in total. The first-order chi connectivity index (χ1) is 7.78. The fraction of sp³-hybridized carbons (Fsp3) is 0.667. The summed E-state index contributed by atoms with van der Waals surface area (Å²) in [4.78, 5) is 11.1. The minimum Gasteiger partial charge on any atom is -0.462 e. The predicted molar refractivity (Wildman–Crippen MR) is 72.2 cm³/mol. The van der Waals surface area contributed by atoms with E-state index in [1.807, 2.05) is 0 Å². The molecule has 2 radical (unpaired) electrons. The molecule has 0 bridgehead atoms. The van der Waals surface area contributed by atoms with E-state index < -0.39 is 0 Å². The van der Waals surface area contributed by atoms with Gasteiger partial charge in [-0.1, -0.05) is 40.7 Å². The van der Waals surface area contributed by atoms with E-state index in [1.165, 1.54) is 0 Å². The van der Waals surface area contributed by atoms with Gasteiger partial charge in [0, 0.05) is 5.57 Å². The molecule has 0 saturated carbocycles. The van der Waals surface area contributed by atoms with Gasteiger partial charge in [0.1, 0.15) is 0 Å². The van der Waals surface area contributed by atoms with Crippen molar-refractivity contribution in [1.29, 1.82) is 0 Å². The van der Waals surface area contributed by atoms with Crippen LogP contribution in [0.15, 0.2) is 12.2 Å². The number of hydrogen-bond donors (Lipinski definition) is 0. The Morgan fingerprint density at radius 1 is 1.47 bits per heavy atom. The number of ether oxygens (including phenoxy) is 1. The summed E-state index contributed by atoms with van der Waals surface area (Å²) < 4.78 is 5.05. The molecule has 0 rings (SSSR count). The molecule has 0 heterocycles. The van der Waals surface area contributed by atoms with Crippen molar-refractivity contribution in [3.05, 3.63) is 25.5 Å². The lowest BCUT2D eigenvalue weighted by molar-refractivity contribution is -0.138. The summed E-state index contributed by atoms with van der Waals surface area (Å²) in [6.45, 7) is 16.2. The highest BCUT2D eigenvalue weighted by molar-refractivity contribution is 5.86. The smallest absolute Gasteiger partial charge is 0.333 e. The summed E-state index contributed by atoms with van der Waals surface area (Å²) in [5.74, 6) is 0.321. The number of esters is 1. The minimum atomic E-state index is -0.303. The van der Waals surface area contributed by atoms with Gasteiger partial charge in [0.2, 0.25) is 0 Å². The number of carbonyl (C=O) groups excluding carboxylic acids is 1. The van der Waals surface area contributed by atoms with Gasteiger partial charge in [-0.15, -0.1) is 0 Å². The minimum absolute atomic E-state index is 0.173. The van der Waals surface area contributed by atoms with Crippen LogP contribution in [0.5, 0.6) is 0 Å². The lowest BCUT2D eigenvalue weighted by atomic mass is 9.79. The SMILES string of the molecule is [CH2]CC(C)CC(C)(C)[CH]CCOC(=O)C(=C)C. The van der Waals surface area contributed by atoms with Crippen LogP contribution in [0.4, 0.5) is 0 Å². The Labute approximate surface area is 106 Å². The van der Waals surface area contributed by atoms with Gasteiger partial charge in [0.25, 0.3) is 0 Å². The molecule has 2 heteroatoms. The number of hydrogen-bond acceptors (Lipinski definition) is 2. The van der Waals surface area contributed by atoms with Crippen molar-refractivity contribution in [3.63, 3.8) is 0 Å². The van der Waals surface area contributed by atoms with Crippen LogP contribution in [-0.4, -0.2) is 12.6 Å². The Morgan fingerprint density at radius 2 is 2.06 bits per heavy atom. The Morgan fingerprint density at radius 3 is 2.53 bits per heavy atom. The second kappa shape index (κ2) is 7.52. The Balaban J connectivity index is 3.79. The van der Waals surface area contributed by atoms with Crippen LogP contribution in [0.25, 0.3) is 0 Å². The van der Waals surface area contributed by atoms with Gasteiger partial charge < -0.3 is 4.74 Å². The zero-order valence-corrected chi connectivity index (χ0v) is 11.7. The first-order valence-corrected chi connectivity index (χ1v) is 6.24. The Hall–Kier alpha value is -0.790. The average molecular weight is 238 g/mol. The molecule has 0 aromatic carbocycles. The summed E-state index contributed by atoms with van der Waals surface area (Å²) >= 11 is 0. The molecule has 98 valence electrons. The van der Waals surface area contributed by atoms with Crippen molar-refractivity contribution in [2.45, 2.75) is 47.0 Å². The van der Waals surface area contributed by atoms with Gasteiger partial charge in [-0.2, -0.15) is 0 Å². The molecule has 0 amide bonds. The third kappa shape index (κ3) is 8.00. The standard InChI is InChI=1S/C15H26O2/c1-7-13(4)11-15(5,6)9-8-10-17-14(16)12(2)3/h9,13H,1-2,7-8,10-11H2,3-6H3. The van der Waals surface area contributed by atoms with E-state index in [0.29, 0.717) is 18.1 Å². The lowest BCUT2D eigenvalue weighted by Crippen LogP contribution is -2.17. The summed E-state index contributed by atoms with van der Waals surface area (Å²) in [7, 11) is 0. The fourth-order valence-electron chi connectivity index (χ4n) is 1.81. The molecule has 0 aromatic rings. The molecule has 1 atom stereocenters. The van der Waals surface area contributed by atoms with Crippen molar-refractivity contribution in [3.8, 4) is 0 Å². The number of rotatable bonds is 8. The van der Waals surface area contributed by atoms with E-state index in [4.69, 9.17) is 4.74 Å². The molecule has 1 unspecified atom stereocenters. The van der Waals surface area contributed by atoms with Crippen LogP contribution in [0.2, 0.25) is 0 Å². The van der Waals surface area contributed by atoms with Crippen LogP contribution in [0.3, 0.4) is 0 Å².